The van der Waals surface area contributed by atoms with E-state index in [1.165, 1.54) is 6.33 Å². The summed E-state index contributed by atoms with van der Waals surface area (Å²) in [4.78, 5) is 17.4. The van der Waals surface area contributed by atoms with Crippen molar-refractivity contribution in [3.63, 3.8) is 0 Å². The van der Waals surface area contributed by atoms with Crippen molar-refractivity contribution in [2.45, 2.75) is 6.54 Å². The van der Waals surface area contributed by atoms with Crippen molar-refractivity contribution in [2.24, 2.45) is 0 Å². The predicted molar refractivity (Wildman–Crippen MR) is 105 cm³/mol. The van der Waals surface area contributed by atoms with Crippen LogP contribution < -0.4 is 5.32 Å². The number of hydrogen-bond acceptors (Lipinski definition) is 5. The van der Waals surface area contributed by atoms with Gasteiger partial charge in [-0.3, -0.25) is 15.2 Å². The van der Waals surface area contributed by atoms with E-state index >= 15 is 0 Å². The van der Waals surface area contributed by atoms with E-state index in [1.807, 2.05) is 23.6 Å². The Labute approximate surface area is 168 Å². The van der Waals surface area contributed by atoms with Crippen molar-refractivity contribution >= 4 is 46.4 Å². The zero-order valence-corrected chi connectivity index (χ0v) is 16.0. The lowest BCUT2D eigenvalue weighted by atomic mass is 10.2. The van der Waals surface area contributed by atoms with Crippen LogP contribution in [0.15, 0.2) is 48.1 Å². The van der Waals surface area contributed by atoms with Gasteiger partial charge in [-0.25, -0.2) is 9.67 Å². The number of amides is 1. The fourth-order valence-corrected chi connectivity index (χ4v) is 3.43. The van der Waals surface area contributed by atoms with Gasteiger partial charge in [-0.1, -0.05) is 35.3 Å². The molecule has 0 saturated heterocycles. The molecular weight excluding hydrogens is 407 g/mol. The molecule has 0 fully saturated rings. The molecular formula is C17H12Cl2N6OS. The Morgan fingerprint density at radius 2 is 2.11 bits per heavy atom. The summed E-state index contributed by atoms with van der Waals surface area (Å²) in [5, 5.41) is 16.7. The van der Waals surface area contributed by atoms with E-state index in [4.69, 9.17) is 23.2 Å². The standard InChI is InChI=1S/C17H12Cl2N6OS/c18-11-4-3-10(6-12(11)19)8-25-9-20-17(24-25)21-16(26)14-7-13(22-23-14)15-2-1-5-27-15/h1-7,9H,8H2,(H,22,23)(H,21,24,26). The Morgan fingerprint density at radius 3 is 2.89 bits per heavy atom. The second-order valence-corrected chi connectivity index (χ2v) is 7.37. The van der Waals surface area contributed by atoms with Crippen LogP contribution in [0.4, 0.5) is 5.95 Å². The third kappa shape index (κ3) is 4.02. The number of thiophene rings is 1. The van der Waals surface area contributed by atoms with E-state index in [0.717, 1.165) is 16.1 Å². The molecule has 1 amide bonds. The summed E-state index contributed by atoms with van der Waals surface area (Å²) < 4.78 is 1.59. The molecule has 0 radical (unpaired) electrons. The first-order valence-corrected chi connectivity index (χ1v) is 9.46. The first-order chi connectivity index (χ1) is 13.1. The van der Waals surface area contributed by atoms with Crippen molar-refractivity contribution in [1.82, 2.24) is 25.0 Å². The normalized spacial score (nSPS) is 10.9. The van der Waals surface area contributed by atoms with Crippen LogP contribution in [-0.4, -0.2) is 30.9 Å². The van der Waals surface area contributed by atoms with Crippen LogP contribution in [0.25, 0.3) is 10.6 Å². The number of aromatic nitrogens is 5. The number of rotatable bonds is 5. The lowest BCUT2D eigenvalue weighted by Gasteiger charge is -2.03. The fraction of sp³-hybridized carbons (Fsp3) is 0.0588. The number of nitrogens with one attached hydrogen (secondary N) is 2. The number of nitrogens with zero attached hydrogens (tertiary/aromatic N) is 4. The van der Waals surface area contributed by atoms with Crippen LogP contribution in [0, 0.1) is 0 Å². The Bertz CT molecular complexity index is 1090. The summed E-state index contributed by atoms with van der Waals surface area (Å²) in [5.74, 6) is -0.193. The molecule has 2 N–H and O–H groups in total. The number of benzene rings is 1. The van der Waals surface area contributed by atoms with E-state index in [9.17, 15) is 4.79 Å². The Balaban J connectivity index is 1.43. The van der Waals surface area contributed by atoms with Gasteiger partial charge in [-0.2, -0.15) is 5.10 Å². The number of carbonyl (C=O) groups excluding carboxylic acids is 1. The van der Waals surface area contributed by atoms with Crippen LogP contribution >= 0.6 is 34.5 Å². The van der Waals surface area contributed by atoms with Gasteiger partial charge in [0, 0.05) is 0 Å². The second kappa shape index (κ2) is 7.51. The molecule has 0 aliphatic carbocycles. The maximum atomic E-state index is 12.3. The average molecular weight is 419 g/mol. The van der Waals surface area contributed by atoms with Crippen LogP contribution in [0.3, 0.4) is 0 Å². The molecule has 0 atom stereocenters. The third-order valence-electron chi connectivity index (χ3n) is 3.69. The summed E-state index contributed by atoms with van der Waals surface area (Å²) in [5.41, 5.74) is 1.97. The van der Waals surface area contributed by atoms with Gasteiger partial charge < -0.3 is 0 Å². The van der Waals surface area contributed by atoms with Crippen molar-refractivity contribution in [2.75, 3.05) is 5.32 Å². The van der Waals surface area contributed by atoms with E-state index in [-0.39, 0.29) is 17.5 Å². The van der Waals surface area contributed by atoms with Gasteiger partial charge in [-0.05, 0) is 35.2 Å². The molecule has 0 aliphatic rings. The minimum absolute atomic E-state index is 0.195. The molecule has 27 heavy (non-hydrogen) atoms. The summed E-state index contributed by atoms with van der Waals surface area (Å²) in [6.07, 6.45) is 1.53. The maximum absolute atomic E-state index is 12.3. The molecule has 136 valence electrons. The van der Waals surface area contributed by atoms with E-state index in [0.29, 0.717) is 16.6 Å². The number of H-pyrrole nitrogens is 1. The van der Waals surface area contributed by atoms with E-state index in [2.05, 4.69) is 25.6 Å². The van der Waals surface area contributed by atoms with Crippen molar-refractivity contribution < 1.29 is 4.79 Å². The molecule has 0 unspecified atom stereocenters. The van der Waals surface area contributed by atoms with Crippen molar-refractivity contribution in [3.05, 3.63) is 69.4 Å². The number of halogens is 2. The molecule has 4 rings (SSSR count). The highest BCUT2D eigenvalue weighted by Gasteiger charge is 2.14. The number of aromatic amines is 1. The van der Waals surface area contributed by atoms with Crippen LogP contribution in [0.2, 0.25) is 10.0 Å². The van der Waals surface area contributed by atoms with Crippen LogP contribution in [-0.2, 0) is 6.54 Å². The molecule has 0 spiro atoms. The van der Waals surface area contributed by atoms with Gasteiger partial charge in [-0.15, -0.1) is 16.4 Å². The maximum Gasteiger partial charge on any atom is 0.278 e. The minimum Gasteiger partial charge on any atom is -0.288 e. The first-order valence-electron chi connectivity index (χ1n) is 7.82. The quantitative estimate of drug-likeness (QED) is 0.504. The molecule has 3 aromatic heterocycles. The Morgan fingerprint density at radius 1 is 1.22 bits per heavy atom. The smallest absolute Gasteiger partial charge is 0.278 e. The Hall–Kier alpha value is -2.68. The number of carbonyl (C=O) groups is 1. The highest BCUT2D eigenvalue weighted by atomic mass is 35.5. The summed E-state index contributed by atoms with van der Waals surface area (Å²) in [7, 11) is 0. The van der Waals surface area contributed by atoms with Gasteiger partial charge in [0.1, 0.15) is 6.33 Å². The molecule has 0 aliphatic heterocycles. The summed E-state index contributed by atoms with van der Waals surface area (Å²) in [6.45, 7) is 0.449. The predicted octanol–water partition coefficient (Wildman–Crippen LogP) is 4.34. The highest BCUT2D eigenvalue weighted by molar-refractivity contribution is 7.13. The van der Waals surface area contributed by atoms with Gasteiger partial charge >= 0.3 is 0 Å². The van der Waals surface area contributed by atoms with Gasteiger partial charge in [0.15, 0.2) is 5.69 Å². The van der Waals surface area contributed by atoms with Crippen LogP contribution in [0.5, 0.6) is 0 Å². The van der Waals surface area contributed by atoms with Crippen molar-refractivity contribution in [3.8, 4) is 10.6 Å². The largest absolute Gasteiger partial charge is 0.288 e. The SMILES string of the molecule is O=C(Nc1ncn(Cc2ccc(Cl)c(Cl)c2)n1)c1cc(-c2cccs2)[nH]n1. The summed E-state index contributed by atoms with van der Waals surface area (Å²) in [6, 6.07) is 10.9. The fourth-order valence-electron chi connectivity index (χ4n) is 2.41. The minimum atomic E-state index is -0.388. The highest BCUT2D eigenvalue weighted by Crippen LogP contribution is 2.24. The number of hydrogen-bond donors (Lipinski definition) is 2. The van der Waals surface area contributed by atoms with Gasteiger partial charge in [0.2, 0.25) is 5.95 Å². The topological polar surface area (TPSA) is 88.5 Å². The van der Waals surface area contributed by atoms with E-state index in [1.54, 1.807) is 34.2 Å². The monoisotopic (exact) mass is 418 g/mol. The third-order valence-corrected chi connectivity index (χ3v) is 5.33. The lowest BCUT2D eigenvalue weighted by Crippen LogP contribution is -2.14. The molecule has 1 aromatic carbocycles. The molecule has 0 saturated carbocycles. The van der Waals surface area contributed by atoms with Crippen LogP contribution in [0.1, 0.15) is 16.1 Å². The van der Waals surface area contributed by atoms with Crippen molar-refractivity contribution in [1.29, 1.82) is 0 Å². The lowest BCUT2D eigenvalue weighted by molar-refractivity contribution is 0.102. The Kier molecular flexibility index (Phi) is 4.93. The second-order valence-electron chi connectivity index (χ2n) is 5.61. The zero-order valence-electron chi connectivity index (χ0n) is 13.7. The average Bonchev–Trinajstić information content (AvgIpc) is 3.38. The first kappa shape index (κ1) is 17.7. The van der Waals surface area contributed by atoms with Gasteiger partial charge in [0.05, 0.1) is 27.2 Å². The molecule has 10 heteroatoms. The summed E-state index contributed by atoms with van der Waals surface area (Å²) >= 11 is 13.5. The molecule has 4 aromatic rings. The molecule has 0 bridgehead atoms. The molecule has 7 nitrogen and oxygen atoms in total. The zero-order chi connectivity index (χ0) is 18.8. The molecule has 3 heterocycles. The number of anilines is 1. The van der Waals surface area contributed by atoms with Gasteiger partial charge in [0.25, 0.3) is 5.91 Å². The van der Waals surface area contributed by atoms with E-state index < -0.39 is 0 Å².